The second-order valence-corrected chi connectivity index (χ2v) is 5.70. The highest BCUT2D eigenvalue weighted by atomic mass is 35.5. The standard InChI is InChI=1S/C16H18Cl2N2O/c1-4-7-19-15-13(17)9-14(18)16(20-15)21-12-6-5-10(2)11(3)8-12/h5-6,8-9H,4,7H2,1-3H3,(H,19,20). The summed E-state index contributed by atoms with van der Waals surface area (Å²) in [7, 11) is 0. The highest BCUT2D eigenvalue weighted by Gasteiger charge is 2.11. The Hall–Kier alpha value is -1.45. The van der Waals surface area contributed by atoms with Gasteiger partial charge in [-0.3, -0.25) is 0 Å². The molecule has 1 aromatic carbocycles. The van der Waals surface area contributed by atoms with E-state index in [4.69, 9.17) is 27.9 Å². The number of aryl methyl sites for hydroxylation is 2. The van der Waals surface area contributed by atoms with E-state index < -0.39 is 0 Å². The maximum Gasteiger partial charge on any atom is 0.240 e. The lowest BCUT2D eigenvalue weighted by atomic mass is 10.1. The van der Waals surface area contributed by atoms with Crippen molar-refractivity contribution in [1.82, 2.24) is 4.98 Å². The van der Waals surface area contributed by atoms with Gasteiger partial charge in [0.25, 0.3) is 0 Å². The van der Waals surface area contributed by atoms with Crippen molar-refractivity contribution in [2.24, 2.45) is 0 Å². The van der Waals surface area contributed by atoms with Gasteiger partial charge in [-0.1, -0.05) is 36.2 Å². The Bertz CT molecular complexity index is 644. The molecule has 0 amide bonds. The lowest BCUT2D eigenvalue weighted by Gasteiger charge is -2.12. The molecule has 0 atom stereocenters. The molecule has 0 fully saturated rings. The number of aromatic nitrogens is 1. The van der Waals surface area contributed by atoms with Gasteiger partial charge in [0, 0.05) is 6.54 Å². The first-order chi connectivity index (χ1) is 10.0. The molecule has 1 aromatic heterocycles. The van der Waals surface area contributed by atoms with Crippen LogP contribution in [0.5, 0.6) is 11.6 Å². The molecule has 0 spiro atoms. The van der Waals surface area contributed by atoms with Crippen LogP contribution in [0.4, 0.5) is 5.82 Å². The molecule has 1 N–H and O–H groups in total. The molecule has 2 rings (SSSR count). The number of benzene rings is 1. The van der Waals surface area contributed by atoms with E-state index in [0.29, 0.717) is 27.5 Å². The summed E-state index contributed by atoms with van der Waals surface area (Å²) < 4.78 is 5.78. The predicted octanol–water partition coefficient (Wildman–Crippen LogP) is 5.62. The summed E-state index contributed by atoms with van der Waals surface area (Å²) in [5, 5.41) is 4.03. The third-order valence-electron chi connectivity index (χ3n) is 3.13. The monoisotopic (exact) mass is 324 g/mol. The summed E-state index contributed by atoms with van der Waals surface area (Å²) in [6.45, 7) is 6.95. The van der Waals surface area contributed by atoms with Gasteiger partial charge in [-0.25, -0.2) is 0 Å². The molecule has 5 heteroatoms. The molecule has 21 heavy (non-hydrogen) atoms. The van der Waals surface area contributed by atoms with Crippen LogP contribution in [0.1, 0.15) is 24.5 Å². The van der Waals surface area contributed by atoms with Crippen LogP contribution in [0.25, 0.3) is 0 Å². The zero-order valence-corrected chi connectivity index (χ0v) is 13.8. The van der Waals surface area contributed by atoms with Crippen molar-refractivity contribution >= 4 is 29.0 Å². The number of rotatable bonds is 5. The smallest absolute Gasteiger partial charge is 0.240 e. The van der Waals surface area contributed by atoms with Crippen LogP contribution in [-0.4, -0.2) is 11.5 Å². The van der Waals surface area contributed by atoms with Crippen molar-refractivity contribution in [2.45, 2.75) is 27.2 Å². The lowest BCUT2D eigenvalue weighted by molar-refractivity contribution is 0.463. The summed E-state index contributed by atoms with van der Waals surface area (Å²) in [6, 6.07) is 7.50. The van der Waals surface area contributed by atoms with Crippen molar-refractivity contribution < 1.29 is 4.74 Å². The van der Waals surface area contributed by atoms with Crippen LogP contribution in [-0.2, 0) is 0 Å². The van der Waals surface area contributed by atoms with Crippen LogP contribution in [0.2, 0.25) is 10.0 Å². The third-order valence-corrected chi connectivity index (χ3v) is 3.69. The zero-order valence-electron chi connectivity index (χ0n) is 12.3. The van der Waals surface area contributed by atoms with Crippen LogP contribution < -0.4 is 10.1 Å². The summed E-state index contributed by atoms with van der Waals surface area (Å²) in [4.78, 5) is 4.36. The van der Waals surface area contributed by atoms with E-state index in [1.165, 1.54) is 5.56 Å². The van der Waals surface area contributed by atoms with Gasteiger partial charge in [0.1, 0.15) is 16.6 Å². The molecule has 0 saturated carbocycles. The number of hydrogen-bond acceptors (Lipinski definition) is 3. The molecule has 112 valence electrons. The van der Waals surface area contributed by atoms with E-state index in [-0.39, 0.29) is 0 Å². The van der Waals surface area contributed by atoms with E-state index in [1.807, 2.05) is 25.1 Å². The minimum Gasteiger partial charge on any atom is -0.437 e. The van der Waals surface area contributed by atoms with Crippen molar-refractivity contribution in [1.29, 1.82) is 0 Å². The zero-order chi connectivity index (χ0) is 15.4. The first-order valence-electron chi connectivity index (χ1n) is 6.86. The lowest BCUT2D eigenvalue weighted by Crippen LogP contribution is -2.03. The topological polar surface area (TPSA) is 34.2 Å². The maximum atomic E-state index is 6.16. The first-order valence-corrected chi connectivity index (χ1v) is 7.62. The van der Waals surface area contributed by atoms with E-state index in [0.717, 1.165) is 18.5 Å². The predicted molar refractivity (Wildman–Crippen MR) is 89.0 cm³/mol. The van der Waals surface area contributed by atoms with Gasteiger partial charge in [0.15, 0.2) is 0 Å². The molecule has 3 nitrogen and oxygen atoms in total. The number of anilines is 1. The van der Waals surface area contributed by atoms with E-state index in [1.54, 1.807) is 6.07 Å². The molecular formula is C16H18Cl2N2O. The fraction of sp³-hybridized carbons (Fsp3) is 0.312. The molecule has 0 bridgehead atoms. The van der Waals surface area contributed by atoms with Gasteiger partial charge in [-0.15, -0.1) is 0 Å². The molecule has 0 aliphatic heterocycles. The summed E-state index contributed by atoms with van der Waals surface area (Å²) in [5.41, 5.74) is 2.37. The fourth-order valence-electron chi connectivity index (χ4n) is 1.78. The second kappa shape index (κ2) is 7.01. The van der Waals surface area contributed by atoms with Crippen LogP contribution >= 0.6 is 23.2 Å². The van der Waals surface area contributed by atoms with Gasteiger partial charge >= 0.3 is 0 Å². The average molecular weight is 325 g/mol. The first kappa shape index (κ1) is 15.9. The number of nitrogens with one attached hydrogen (secondary N) is 1. The van der Waals surface area contributed by atoms with E-state index >= 15 is 0 Å². The largest absolute Gasteiger partial charge is 0.437 e. The minimum atomic E-state index is 0.350. The van der Waals surface area contributed by atoms with Gasteiger partial charge in [-0.2, -0.15) is 4.98 Å². The van der Waals surface area contributed by atoms with E-state index in [2.05, 4.69) is 24.1 Å². The highest BCUT2D eigenvalue weighted by Crippen LogP contribution is 2.33. The Morgan fingerprint density at radius 1 is 1.10 bits per heavy atom. The molecule has 2 aromatic rings. The summed E-state index contributed by atoms with van der Waals surface area (Å²) in [6.07, 6.45) is 0.980. The normalized spacial score (nSPS) is 10.5. The molecule has 0 radical (unpaired) electrons. The Kier molecular flexibility index (Phi) is 5.32. The summed E-state index contributed by atoms with van der Waals surface area (Å²) >= 11 is 12.3. The van der Waals surface area contributed by atoms with Crippen molar-refractivity contribution in [3.8, 4) is 11.6 Å². The van der Waals surface area contributed by atoms with Gasteiger partial charge < -0.3 is 10.1 Å². The number of halogens is 2. The number of hydrogen-bond donors (Lipinski definition) is 1. The SMILES string of the molecule is CCCNc1nc(Oc2ccc(C)c(C)c2)c(Cl)cc1Cl. The van der Waals surface area contributed by atoms with Crippen LogP contribution in [0.15, 0.2) is 24.3 Å². The number of ether oxygens (including phenoxy) is 1. The quantitative estimate of drug-likeness (QED) is 0.775. The van der Waals surface area contributed by atoms with Crippen LogP contribution in [0.3, 0.4) is 0 Å². The molecule has 0 aliphatic rings. The number of pyridine rings is 1. The maximum absolute atomic E-state index is 6.16. The van der Waals surface area contributed by atoms with Gasteiger partial charge in [0.2, 0.25) is 5.88 Å². The van der Waals surface area contributed by atoms with Gasteiger partial charge in [-0.05, 0) is 49.6 Å². The van der Waals surface area contributed by atoms with Crippen molar-refractivity contribution in [2.75, 3.05) is 11.9 Å². The average Bonchev–Trinajstić information content (AvgIpc) is 2.44. The highest BCUT2D eigenvalue weighted by molar-refractivity contribution is 6.36. The number of nitrogens with zero attached hydrogens (tertiary/aromatic N) is 1. The summed E-state index contributed by atoms with van der Waals surface area (Å²) in [5.74, 6) is 1.64. The van der Waals surface area contributed by atoms with Gasteiger partial charge in [0.05, 0.1) is 5.02 Å². The Balaban J connectivity index is 2.28. The van der Waals surface area contributed by atoms with Crippen molar-refractivity contribution in [3.05, 3.63) is 45.4 Å². The molecular weight excluding hydrogens is 307 g/mol. The third kappa shape index (κ3) is 4.02. The Labute approximate surface area is 135 Å². The molecule has 0 unspecified atom stereocenters. The van der Waals surface area contributed by atoms with E-state index in [9.17, 15) is 0 Å². The Morgan fingerprint density at radius 3 is 2.52 bits per heavy atom. The molecule has 1 heterocycles. The second-order valence-electron chi connectivity index (χ2n) is 4.88. The van der Waals surface area contributed by atoms with Crippen molar-refractivity contribution in [3.63, 3.8) is 0 Å². The fourth-order valence-corrected chi connectivity index (χ4v) is 2.24. The Morgan fingerprint density at radius 2 is 1.86 bits per heavy atom. The molecule has 0 aliphatic carbocycles. The minimum absolute atomic E-state index is 0.350. The van der Waals surface area contributed by atoms with Crippen LogP contribution in [0, 0.1) is 13.8 Å². The molecule has 0 saturated heterocycles.